The molecule has 0 saturated carbocycles. The second-order valence-electron chi connectivity index (χ2n) is 8.51. The minimum Gasteiger partial charge on any atom is -0.376 e. The van der Waals surface area contributed by atoms with E-state index in [0.717, 1.165) is 64.6 Å². The molecule has 0 aromatic rings. The molecule has 3 aliphatic heterocycles. The van der Waals surface area contributed by atoms with Crippen molar-refractivity contribution in [2.45, 2.75) is 83.5 Å². The molecule has 6 heteroatoms. The quantitative estimate of drug-likeness (QED) is 0.507. The van der Waals surface area contributed by atoms with Crippen molar-refractivity contribution in [3.8, 4) is 0 Å². The number of guanidine groups is 1. The minimum atomic E-state index is 0.322. The summed E-state index contributed by atoms with van der Waals surface area (Å²) in [5, 5.41) is 3.52. The Kier molecular flexibility index (Phi) is 9.35. The summed E-state index contributed by atoms with van der Waals surface area (Å²) in [7, 11) is 0. The van der Waals surface area contributed by atoms with Crippen LogP contribution in [0.1, 0.15) is 65.2 Å². The van der Waals surface area contributed by atoms with Crippen molar-refractivity contribution in [3.63, 3.8) is 0 Å². The van der Waals surface area contributed by atoms with E-state index in [0.29, 0.717) is 18.2 Å². The lowest BCUT2D eigenvalue weighted by Gasteiger charge is -2.35. The van der Waals surface area contributed by atoms with E-state index in [1.165, 1.54) is 45.2 Å². The normalized spacial score (nSPS) is 26.6. The van der Waals surface area contributed by atoms with Crippen molar-refractivity contribution >= 4 is 5.96 Å². The molecule has 2 unspecified atom stereocenters. The molecule has 2 atom stereocenters. The van der Waals surface area contributed by atoms with Gasteiger partial charge in [0.25, 0.3) is 0 Å². The molecule has 1 N–H and O–H groups in total. The Balaban J connectivity index is 1.43. The summed E-state index contributed by atoms with van der Waals surface area (Å²) < 4.78 is 12.0. The van der Waals surface area contributed by atoms with Crippen molar-refractivity contribution in [3.05, 3.63) is 0 Å². The third-order valence-corrected chi connectivity index (χ3v) is 6.45. The zero-order valence-electron chi connectivity index (χ0n) is 18.2. The van der Waals surface area contributed by atoms with Crippen LogP contribution in [0.3, 0.4) is 0 Å². The van der Waals surface area contributed by atoms with Crippen LogP contribution in [0.4, 0.5) is 0 Å². The molecular weight excluding hydrogens is 352 g/mol. The van der Waals surface area contributed by atoms with E-state index in [1.54, 1.807) is 0 Å². The molecule has 0 aromatic carbocycles. The van der Waals surface area contributed by atoms with Gasteiger partial charge in [-0.15, -0.1) is 0 Å². The number of likely N-dealkylation sites (tertiary alicyclic amines) is 2. The number of nitrogens with one attached hydrogen (secondary N) is 1. The van der Waals surface area contributed by atoms with Crippen LogP contribution in [-0.2, 0) is 9.47 Å². The van der Waals surface area contributed by atoms with Crippen LogP contribution in [0.25, 0.3) is 0 Å². The Hall–Kier alpha value is -0.850. The van der Waals surface area contributed by atoms with Gasteiger partial charge in [0.15, 0.2) is 5.96 Å². The van der Waals surface area contributed by atoms with E-state index in [4.69, 9.17) is 14.5 Å². The van der Waals surface area contributed by atoms with E-state index >= 15 is 0 Å². The van der Waals surface area contributed by atoms with Gasteiger partial charge in [-0.1, -0.05) is 6.92 Å². The van der Waals surface area contributed by atoms with Gasteiger partial charge in [-0.05, 0) is 71.4 Å². The van der Waals surface area contributed by atoms with Crippen molar-refractivity contribution < 1.29 is 9.47 Å². The lowest BCUT2D eigenvalue weighted by atomic mass is 10.1. The predicted molar refractivity (Wildman–Crippen MR) is 115 cm³/mol. The Morgan fingerprint density at radius 1 is 1.07 bits per heavy atom. The second-order valence-corrected chi connectivity index (χ2v) is 8.51. The molecule has 3 heterocycles. The summed E-state index contributed by atoms with van der Waals surface area (Å²) in [6.07, 6.45) is 10.4. The predicted octanol–water partition coefficient (Wildman–Crippen LogP) is 2.88. The van der Waals surface area contributed by atoms with Crippen molar-refractivity contribution in [2.24, 2.45) is 4.99 Å². The summed E-state index contributed by atoms with van der Waals surface area (Å²) in [5.74, 6) is 1.09. The lowest BCUT2D eigenvalue weighted by molar-refractivity contribution is -0.0721. The molecule has 0 amide bonds. The van der Waals surface area contributed by atoms with Crippen molar-refractivity contribution in [1.29, 1.82) is 0 Å². The molecule has 0 spiro atoms. The van der Waals surface area contributed by atoms with Gasteiger partial charge in [-0.25, -0.2) is 0 Å². The summed E-state index contributed by atoms with van der Waals surface area (Å²) in [6.45, 7) is 12.5. The first-order valence-electron chi connectivity index (χ1n) is 11.8. The molecule has 162 valence electrons. The first-order chi connectivity index (χ1) is 13.8. The van der Waals surface area contributed by atoms with E-state index in [2.05, 4.69) is 29.0 Å². The van der Waals surface area contributed by atoms with E-state index in [-0.39, 0.29) is 0 Å². The molecule has 0 aliphatic carbocycles. The molecule has 28 heavy (non-hydrogen) atoms. The largest absolute Gasteiger partial charge is 0.376 e. The fourth-order valence-electron chi connectivity index (χ4n) is 4.64. The zero-order valence-corrected chi connectivity index (χ0v) is 18.2. The fraction of sp³-hybridized carbons (Fsp3) is 0.955. The van der Waals surface area contributed by atoms with Gasteiger partial charge in [0.05, 0.1) is 25.4 Å². The maximum Gasteiger partial charge on any atom is 0.193 e. The SMILES string of the molecule is CCNC(=NCC(CC)N1CCCC1)N1CCC(OCC2CCCCO2)CC1. The van der Waals surface area contributed by atoms with Crippen LogP contribution in [0, 0.1) is 0 Å². The van der Waals surface area contributed by atoms with Gasteiger partial charge in [0.2, 0.25) is 0 Å². The number of aliphatic imine (C=N–C) groups is 1. The average Bonchev–Trinajstić information content (AvgIpc) is 3.28. The van der Waals surface area contributed by atoms with Crippen LogP contribution in [0.2, 0.25) is 0 Å². The number of rotatable bonds is 8. The van der Waals surface area contributed by atoms with Gasteiger partial charge in [-0.2, -0.15) is 0 Å². The highest BCUT2D eigenvalue weighted by Gasteiger charge is 2.25. The highest BCUT2D eigenvalue weighted by Crippen LogP contribution is 2.18. The maximum atomic E-state index is 6.17. The Bertz CT molecular complexity index is 453. The highest BCUT2D eigenvalue weighted by molar-refractivity contribution is 5.80. The van der Waals surface area contributed by atoms with Crippen LogP contribution in [-0.4, -0.2) is 86.5 Å². The van der Waals surface area contributed by atoms with Crippen LogP contribution < -0.4 is 5.32 Å². The second kappa shape index (κ2) is 12.0. The first kappa shape index (κ1) is 21.8. The Labute approximate surface area is 172 Å². The fourth-order valence-corrected chi connectivity index (χ4v) is 4.64. The lowest BCUT2D eigenvalue weighted by Crippen LogP contribution is -2.48. The summed E-state index contributed by atoms with van der Waals surface area (Å²) in [5.41, 5.74) is 0. The van der Waals surface area contributed by atoms with Crippen molar-refractivity contribution in [2.75, 3.05) is 52.5 Å². The maximum absolute atomic E-state index is 6.17. The van der Waals surface area contributed by atoms with E-state index < -0.39 is 0 Å². The third-order valence-electron chi connectivity index (χ3n) is 6.45. The zero-order chi connectivity index (χ0) is 19.6. The molecule has 0 bridgehead atoms. The van der Waals surface area contributed by atoms with Gasteiger partial charge in [-0.3, -0.25) is 9.89 Å². The van der Waals surface area contributed by atoms with E-state index in [9.17, 15) is 0 Å². The Morgan fingerprint density at radius 2 is 1.86 bits per heavy atom. The number of piperidine rings is 1. The first-order valence-corrected chi connectivity index (χ1v) is 11.8. The van der Waals surface area contributed by atoms with Gasteiger partial charge in [0.1, 0.15) is 0 Å². The van der Waals surface area contributed by atoms with Gasteiger partial charge >= 0.3 is 0 Å². The molecule has 0 aromatic heterocycles. The standard InChI is InChI=1S/C22H42N4O2/c1-3-19(25-12-6-7-13-25)17-24-22(23-4-2)26-14-10-20(11-15-26)28-18-21-9-5-8-16-27-21/h19-21H,3-18H2,1-2H3,(H,23,24). The van der Waals surface area contributed by atoms with Crippen LogP contribution >= 0.6 is 0 Å². The molecular formula is C22H42N4O2. The Morgan fingerprint density at radius 3 is 2.50 bits per heavy atom. The topological polar surface area (TPSA) is 49.3 Å². The molecule has 3 rings (SSSR count). The molecule has 3 aliphatic rings. The number of ether oxygens (including phenoxy) is 2. The smallest absolute Gasteiger partial charge is 0.193 e. The average molecular weight is 395 g/mol. The highest BCUT2D eigenvalue weighted by atomic mass is 16.5. The summed E-state index contributed by atoms with van der Waals surface area (Å²) in [6, 6.07) is 0.590. The van der Waals surface area contributed by atoms with Crippen LogP contribution in [0.15, 0.2) is 4.99 Å². The van der Waals surface area contributed by atoms with E-state index in [1.807, 2.05) is 0 Å². The number of hydrogen-bond donors (Lipinski definition) is 1. The molecule has 3 fully saturated rings. The summed E-state index contributed by atoms with van der Waals surface area (Å²) in [4.78, 5) is 10.1. The molecule has 0 radical (unpaired) electrons. The summed E-state index contributed by atoms with van der Waals surface area (Å²) >= 11 is 0. The van der Waals surface area contributed by atoms with Crippen molar-refractivity contribution in [1.82, 2.24) is 15.1 Å². The monoisotopic (exact) mass is 394 g/mol. The van der Waals surface area contributed by atoms with Crippen LogP contribution in [0.5, 0.6) is 0 Å². The number of nitrogens with zero attached hydrogens (tertiary/aromatic N) is 3. The molecule has 6 nitrogen and oxygen atoms in total. The van der Waals surface area contributed by atoms with Gasteiger partial charge in [0, 0.05) is 32.3 Å². The van der Waals surface area contributed by atoms with Gasteiger partial charge < -0.3 is 19.7 Å². The molecule has 3 saturated heterocycles. The minimum absolute atomic E-state index is 0.322. The number of hydrogen-bond acceptors (Lipinski definition) is 4. The third kappa shape index (κ3) is 6.60.